The third-order valence-corrected chi connectivity index (χ3v) is 4.57. The van der Waals surface area contributed by atoms with E-state index < -0.39 is 0 Å². The Balaban J connectivity index is 1.58. The molecular formula is C22H26N2O5. The second-order valence-electron chi connectivity index (χ2n) is 6.88. The molecule has 0 spiro atoms. The average molecular weight is 398 g/mol. The van der Waals surface area contributed by atoms with E-state index in [9.17, 15) is 9.59 Å². The van der Waals surface area contributed by atoms with Crippen molar-refractivity contribution >= 4 is 17.5 Å². The van der Waals surface area contributed by atoms with E-state index in [1.54, 1.807) is 31.4 Å². The molecule has 1 aliphatic rings. The Morgan fingerprint density at radius 1 is 1.17 bits per heavy atom. The number of hydrogen-bond donors (Lipinski definition) is 2. The fourth-order valence-electron chi connectivity index (χ4n) is 3.13. The van der Waals surface area contributed by atoms with Crippen LogP contribution in [0.3, 0.4) is 0 Å². The number of hydrogen-bond acceptors (Lipinski definition) is 5. The number of benzene rings is 2. The van der Waals surface area contributed by atoms with Gasteiger partial charge in [-0.1, -0.05) is 12.1 Å². The molecule has 2 aromatic rings. The lowest BCUT2D eigenvalue weighted by Crippen LogP contribution is -2.23. The Bertz CT molecular complexity index is 862. The molecule has 3 rings (SSSR count). The normalized spacial score (nSPS) is 15.6. The number of nitrogens with one attached hydrogen (secondary N) is 2. The van der Waals surface area contributed by atoms with Crippen LogP contribution in [0.15, 0.2) is 42.5 Å². The molecule has 1 saturated heterocycles. The van der Waals surface area contributed by atoms with Crippen molar-refractivity contribution in [3.63, 3.8) is 0 Å². The lowest BCUT2D eigenvalue weighted by molar-refractivity contribution is -0.114. The van der Waals surface area contributed by atoms with Gasteiger partial charge in [-0.05, 0) is 48.7 Å². The number of carbonyl (C=O) groups excluding carboxylic acids is 2. The number of amides is 2. The fourth-order valence-corrected chi connectivity index (χ4v) is 3.13. The van der Waals surface area contributed by atoms with Crippen LogP contribution < -0.4 is 20.1 Å². The van der Waals surface area contributed by atoms with E-state index >= 15 is 0 Å². The van der Waals surface area contributed by atoms with E-state index in [0.29, 0.717) is 35.9 Å². The van der Waals surface area contributed by atoms with Crippen LogP contribution in [0.4, 0.5) is 5.69 Å². The van der Waals surface area contributed by atoms with Gasteiger partial charge in [0.1, 0.15) is 6.61 Å². The van der Waals surface area contributed by atoms with E-state index in [-0.39, 0.29) is 17.9 Å². The van der Waals surface area contributed by atoms with Crippen LogP contribution in [-0.4, -0.2) is 38.2 Å². The molecule has 154 valence electrons. The maximum atomic E-state index is 12.4. The molecule has 2 aromatic carbocycles. The molecule has 7 nitrogen and oxygen atoms in total. The first-order chi connectivity index (χ1) is 14.0. The van der Waals surface area contributed by atoms with Crippen molar-refractivity contribution in [1.29, 1.82) is 0 Å². The summed E-state index contributed by atoms with van der Waals surface area (Å²) in [5.74, 6) is 0.856. The maximum absolute atomic E-state index is 12.4. The molecule has 2 amide bonds. The Morgan fingerprint density at radius 3 is 2.76 bits per heavy atom. The quantitative estimate of drug-likeness (QED) is 0.714. The van der Waals surface area contributed by atoms with Crippen molar-refractivity contribution in [2.75, 3.05) is 25.6 Å². The van der Waals surface area contributed by atoms with Crippen LogP contribution in [-0.2, 0) is 16.1 Å². The number of methoxy groups -OCH3 is 1. The highest BCUT2D eigenvalue weighted by atomic mass is 16.5. The average Bonchev–Trinajstić information content (AvgIpc) is 3.24. The molecule has 1 heterocycles. The van der Waals surface area contributed by atoms with Crippen LogP contribution in [0.2, 0.25) is 0 Å². The largest absolute Gasteiger partial charge is 0.493 e. The summed E-state index contributed by atoms with van der Waals surface area (Å²) < 4.78 is 16.8. The predicted octanol–water partition coefficient (Wildman–Crippen LogP) is 3.14. The van der Waals surface area contributed by atoms with E-state index in [2.05, 4.69) is 10.6 Å². The van der Waals surface area contributed by atoms with E-state index in [1.165, 1.54) is 6.92 Å². The highest BCUT2D eigenvalue weighted by Gasteiger charge is 2.17. The Kier molecular flexibility index (Phi) is 7.08. The lowest BCUT2D eigenvalue weighted by atomic mass is 10.1. The predicted molar refractivity (Wildman–Crippen MR) is 109 cm³/mol. The summed E-state index contributed by atoms with van der Waals surface area (Å²) in [7, 11) is 1.59. The van der Waals surface area contributed by atoms with Crippen LogP contribution in [0.5, 0.6) is 11.5 Å². The van der Waals surface area contributed by atoms with E-state index in [4.69, 9.17) is 14.2 Å². The molecule has 2 N–H and O–H groups in total. The summed E-state index contributed by atoms with van der Waals surface area (Å²) in [5, 5.41) is 5.54. The van der Waals surface area contributed by atoms with Gasteiger partial charge in [0.25, 0.3) is 5.91 Å². The van der Waals surface area contributed by atoms with Crippen molar-refractivity contribution in [2.24, 2.45) is 0 Å². The van der Waals surface area contributed by atoms with Crippen molar-refractivity contribution < 1.29 is 23.8 Å². The lowest BCUT2D eigenvalue weighted by Gasteiger charge is -2.15. The molecule has 0 aliphatic carbocycles. The highest BCUT2D eigenvalue weighted by Crippen LogP contribution is 2.29. The molecule has 0 radical (unpaired) electrons. The minimum absolute atomic E-state index is 0.131. The van der Waals surface area contributed by atoms with Gasteiger partial charge in [-0.3, -0.25) is 9.59 Å². The van der Waals surface area contributed by atoms with E-state index in [1.807, 2.05) is 18.2 Å². The van der Waals surface area contributed by atoms with Crippen molar-refractivity contribution in [1.82, 2.24) is 5.32 Å². The monoisotopic (exact) mass is 398 g/mol. The maximum Gasteiger partial charge on any atom is 0.251 e. The molecule has 29 heavy (non-hydrogen) atoms. The molecular weight excluding hydrogens is 372 g/mol. The number of ether oxygens (including phenoxy) is 3. The number of carbonyl (C=O) groups is 2. The van der Waals surface area contributed by atoms with Gasteiger partial charge in [0.15, 0.2) is 11.5 Å². The molecule has 1 aliphatic heterocycles. The highest BCUT2D eigenvalue weighted by molar-refractivity contribution is 5.96. The van der Waals surface area contributed by atoms with Crippen LogP contribution in [0.1, 0.15) is 35.7 Å². The third-order valence-electron chi connectivity index (χ3n) is 4.57. The second kappa shape index (κ2) is 9.93. The van der Waals surface area contributed by atoms with Gasteiger partial charge in [0, 0.05) is 31.3 Å². The summed E-state index contributed by atoms with van der Waals surface area (Å²) in [4.78, 5) is 23.6. The third kappa shape index (κ3) is 5.96. The summed E-state index contributed by atoms with van der Waals surface area (Å²) in [6, 6.07) is 12.4. The van der Waals surface area contributed by atoms with Gasteiger partial charge in [-0.2, -0.15) is 0 Å². The first-order valence-electron chi connectivity index (χ1n) is 9.62. The van der Waals surface area contributed by atoms with Gasteiger partial charge in [-0.25, -0.2) is 0 Å². The van der Waals surface area contributed by atoms with Gasteiger partial charge < -0.3 is 24.8 Å². The first kappa shape index (κ1) is 20.7. The Labute approximate surface area is 170 Å². The zero-order valence-electron chi connectivity index (χ0n) is 16.7. The van der Waals surface area contributed by atoms with Crippen molar-refractivity contribution in [3.05, 3.63) is 53.6 Å². The van der Waals surface area contributed by atoms with E-state index in [0.717, 1.165) is 25.0 Å². The first-order valence-corrected chi connectivity index (χ1v) is 9.62. The minimum Gasteiger partial charge on any atom is -0.493 e. The molecule has 0 aromatic heterocycles. The fraction of sp³-hybridized carbons (Fsp3) is 0.364. The zero-order chi connectivity index (χ0) is 20.6. The zero-order valence-corrected chi connectivity index (χ0v) is 16.7. The molecule has 7 heteroatoms. The van der Waals surface area contributed by atoms with Crippen molar-refractivity contribution in [3.8, 4) is 11.5 Å². The summed E-state index contributed by atoms with van der Waals surface area (Å²) in [6.07, 6.45) is 2.21. The number of rotatable bonds is 8. The van der Waals surface area contributed by atoms with Crippen LogP contribution >= 0.6 is 0 Å². The minimum atomic E-state index is -0.227. The van der Waals surface area contributed by atoms with Gasteiger partial charge in [0.2, 0.25) is 5.91 Å². The van der Waals surface area contributed by atoms with Crippen LogP contribution in [0.25, 0.3) is 0 Å². The van der Waals surface area contributed by atoms with Gasteiger partial charge >= 0.3 is 0 Å². The summed E-state index contributed by atoms with van der Waals surface area (Å²) >= 11 is 0. The van der Waals surface area contributed by atoms with Gasteiger partial charge in [-0.15, -0.1) is 0 Å². The summed E-state index contributed by atoms with van der Waals surface area (Å²) in [6.45, 7) is 3.05. The molecule has 0 bridgehead atoms. The molecule has 1 atom stereocenters. The summed E-state index contributed by atoms with van der Waals surface area (Å²) in [5.41, 5.74) is 1.94. The van der Waals surface area contributed by atoms with Gasteiger partial charge in [0.05, 0.1) is 13.2 Å². The van der Waals surface area contributed by atoms with Crippen molar-refractivity contribution in [2.45, 2.75) is 32.4 Å². The second-order valence-corrected chi connectivity index (χ2v) is 6.88. The number of anilines is 1. The SMILES string of the molecule is COc1cc(CNC(=O)c2cccc(NC(C)=O)c2)ccc1OCC1CCCO1. The smallest absolute Gasteiger partial charge is 0.251 e. The van der Waals surface area contributed by atoms with Crippen LogP contribution in [0, 0.1) is 0 Å². The Morgan fingerprint density at radius 2 is 2.03 bits per heavy atom. The molecule has 0 saturated carbocycles. The molecule has 1 unspecified atom stereocenters. The standard InChI is InChI=1S/C22H26N2O5/c1-15(25)24-18-6-3-5-17(12-18)22(26)23-13-16-8-9-20(21(11-16)27-2)29-14-19-7-4-10-28-19/h3,5-6,8-9,11-12,19H,4,7,10,13-14H2,1-2H3,(H,23,26)(H,24,25). The topological polar surface area (TPSA) is 85.9 Å². The molecule has 1 fully saturated rings. The Hall–Kier alpha value is -3.06.